The predicted molar refractivity (Wildman–Crippen MR) is 70.4 cm³/mol. The Morgan fingerprint density at radius 1 is 1.47 bits per heavy atom. The normalized spacial score (nSPS) is 10.5. The second-order valence-corrected chi connectivity index (χ2v) is 4.07. The predicted octanol–water partition coefficient (Wildman–Crippen LogP) is 0.561. The molecule has 0 radical (unpaired) electrons. The largest absolute Gasteiger partial charge is 0.462 e. The first-order valence-corrected chi connectivity index (χ1v) is 5.77. The van der Waals surface area contributed by atoms with Crippen LogP contribution in [0.4, 0.5) is 5.82 Å². The topological polar surface area (TPSA) is 88.2 Å². The zero-order chi connectivity index (χ0) is 14.0. The number of fused-ring (bicyclic) bond motifs is 1. The van der Waals surface area contributed by atoms with Crippen LogP contribution in [0.1, 0.15) is 17.3 Å². The molecule has 0 saturated carbocycles. The summed E-state index contributed by atoms with van der Waals surface area (Å²) in [7, 11) is 3.58. The van der Waals surface area contributed by atoms with Crippen molar-refractivity contribution in [3.8, 4) is 0 Å². The van der Waals surface area contributed by atoms with Gasteiger partial charge in [0.2, 0.25) is 5.43 Å². The number of ether oxygens (including phenoxy) is 1. The smallest absolute Gasteiger partial charge is 0.343 e. The highest BCUT2D eigenvalue weighted by atomic mass is 16.5. The molecular formula is C12H14N4O3. The quantitative estimate of drug-likeness (QED) is 0.813. The van der Waals surface area contributed by atoms with Gasteiger partial charge in [0.15, 0.2) is 11.2 Å². The first-order chi connectivity index (χ1) is 9.04. The third-order valence-electron chi connectivity index (χ3n) is 2.53. The third-order valence-corrected chi connectivity index (χ3v) is 2.53. The average Bonchev–Trinajstić information content (AvgIpc) is 2.39. The van der Waals surface area contributed by atoms with Gasteiger partial charge in [0.25, 0.3) is 0 Å². The zero-order valence-corrected chi connectivity index (χ0v) is 10.9. The molecular weight excluding hydrogens is 248 g/mol. The Bertz CT molecular complexity index is 678. The lowest BCUT2D eigenvalue weighted by Gasteiger charge is -2.10. The Labute approximate surface area is 109 Å². The van der Waals surface area contributed by atoms with Crippen molar-refractivity contribution < 1.29 is 9.53 Å². The molecule has 7 nitrogen and oxygen atoms in total. The Hall–Kier alpha value is -2.44. The number of nitrogens with one attached hydrogen (secondary N) is 1. The molecule has 0 saturated heterocycles. The van der Waals surface area contributed by atoms with E-state index in [1.807, 2.05) is 0 Å². The minimum Gasteiger partial charge on any atom is -0.462 e. The SMILES string of the molecule is CCOC(=O)c1c[nH]c2ncc(N(C)C)nc2c1=O. The lowest BCUT2D eigenvalue weighted by molar-refractivity contribution is 0.0524. The van der Waals surface area contributed by atoms with E-state index >= 15 is 0 Å². The van der Waals surface area contributed by atoms with Crippen LogP contribution in [0, 0.1) is 0 Å². The van der Waals surface area contributed by atoms with Gasteiger partial charge in [-0.3, -0.25) is 4.79 Å². The van der Waals surface area contributed by atoms with Gasteiger partial charge < -0.3 is 14.6 Å². The number of carbonyl (C=O) groups excluding carboxylic acids is 1. The molecule has 0 amide bonds. The monoisotopic (exact) mass is 262 g/mol. The summed E-state index contributed by atoms with van der Waals surface area (Å²) in [4.78, 5) is 36.6. The first-order valence-electron chi connectivity index (χ1n) is 5.77. The molecule has 100 valence electrons. The Morgan fingerprint density at radius 2 is 2.21 bits per heavy atom. The maximum absolute atomic E-state index is 12.2. The summed E-state index contributed by atoms with van der Waals surface area (Å²) in [6, 6.07) is 0. The van der Waals surface area contributed by atoms with E-state index < -0.39 is 11.4 Å². The molecule has 2 heterocycles. The fourth-order valence-electron chi connectivity index (χ4n) is 1.55. The number of hydrogen-bond acceptors (Lipinski definition) is 6. The van der Waals surface area contributed by atoms with Gasteiger partial charge in [-0.2, -0.15) is 0 Å². The van der Waals surface area contributed by atoms with E-state index in [1.165, 1.54) is 6.20 Å². The standard InChI is InChI=1S/C12H14N4O3/c1-4-19-12(18)7-5-13-11-9(10(7)17)15-8(6-14-11)16(2)3/h5-6H,4H2,1-3H3,(H,13,14,17). The number of esters is 1. The highest BCUT2D eigenvalue weighted by Gasteiger charge is 2.15. The molecule has 0 aliphatic heterocycles. The molecule has 0 aliphatic carbocycles. The summed E-state index contributed by atoms with van der Waals surface area (Å²) in [5.41, 5.74) is -0.0941. The second-order valence-electron chi connectivity index (χ2n) is 4.07. The van der Waals surface area contributed by atoms with Crippen molar-refractivity contribution in [2.45, 2.75) is 6.92 Å². The Kier molecular flexibility index (Phi) is 3.46. The van der Waals surface area contributed by atoms with Crippen molar-refractivity contribution in [1.29, 1.82) is 0 Å². The molecule has 0 atom stereocenters. The number of pyridine rings is 1. The number of aromatic amines is 1. The van der Waals surface area contributed by atoms with Crippen LogP contribution in [0.25, 0.3) is 11.2 Å². The van der Waals surface area contributed by atoms with Gasteiger partial charge in [-0.05, 0) is 6.92 Å². The van der Waals surface area contributed by atoms with Gasteiger partial charge in [-0.25, -0.2) is 14.8 Å². The van der Waals surface area contributed by atoms with Crippen molar-refractivity contribution in [2.75, 3.05) is 25.6 Å². The lowest BCUT2D eigenvalue weighted by atomic mass is 10.2. The van der Waals surface area contributed by atoms with Crippen LogP contribution in [0.3, 0.4) is 0 Å². The number of carbonyl (C=O) groups is 1. The molecule has 0 aliphatic rings. The number of hydrogen-bond donors (Lipinski definition) is 1. The molecule has 19 heavy (non-hydrogen) atoms. The van der Waals surface area contributed by atoms with Gasteiger partial charge >= 0.3 is 5.97 Å². The number of aromatic nitrogens is 3. The first kappa shape index (κ1) is 13.0. The molecule has 0 unspecified atom stereocenters. The summed E-state index contributed by atoms with van der Waals surface area (Å²) in [5, 5.41) is 0. The highest BCUT2D eigenvalue weighted by Crippen LogP contribution is 2.09. The van der Waals surface area contributed by atoms with E-state index in [1.54, 1.807) is 32.1 Å². The summed E-state index contributed by atoms with van der Waals surface area (Å²) < 4.78 is 4.82. The lowest BCUT2D eigenvalue weighted by Crippen LogP contribution is -2.20. The summed E-state index contributed by atoms with van der Waals surface area (Å²) >= 11 is 0. The molecule has 2 aromatic heterocycles. The van der Waals surface area contributed by atoms with Crippen LogP contribution in [-0.4, -0.2) is 41.6 Å². The fourth-order valence-corrected chi connectivity index (χ4v) is 1.55. The fraction of sp³-hybridized carbons (Fsp3) is 0.333. The van der Waals surface area contributed by atoms with Gasteiger partial charge in [0.05, 0.1) is 12.8 Å². The molecule has 1 N–H and O–H groups in total. The maximum Gasteiger partial charge on any atom is 0.343 e. The van der Waals surface area contributed by atoms with E-state index in [0.717, 1.165) is 0 Å². The van der Waals surface area contributed by atoms with Gasteiger partial charge in [-0.15, -0.1) is 0 Å². The van der Waals surface area contributed by atoms with Crippen molar-refractivity contribution >= 4 is 23.0 Å². The van der Waals surface area contributed by atoms with Crippen LogP contribution >= 0.6 is 0 Å². The van der Waals surface area contributed by atoms with Crippen LogP contribution in [-0.2, 0) is 4.74 Å². The molecule has 0 fully saturated rings. The zero-order valence-electron chi connectivity index (χ0n) is 10.9. The molecule has 7 heteroatoms. The highest BCUT2D eigenvalue weighted by molar-refractivity contribution is 5.92. The number of anilines is 1. The summed E-state index contributed by atoms with van der Waals surface area (Å²) in [5.74, 6) is -0.123. The van der Waals surface area contributed by atoms with Crippen LogP contribution in [0.2, 0.25) is 0 Å². The molecule has 0 bridgehead atoms. The second kappa shape index (κ2) is 5.05. The van der Waals surface area contributed by atoms with Crippen molar-refractivity contribution in [3.05, 3.63) is 28.2 Å². The average molecular weight is 262 g/mol. The van der Waals surface area contributed by atoms with E-state index in [2.05, 4.69) is 15.0 Å². The number of H-pyrrole nitrogens is 1. The van der Waals surface area contributed by atoms with Gasteiger partial charge in [-0.1, -0.05) is 0 Å². The van der Waals surface area contributed by atoms with E-state index in [0.29, 0.717) is 11.5 Å². The Balaban J connectivity index is 2.62. The minimum absolute atomic E-state index is 0.0699. The van der Waals surface area contributed by atoms with E-state index in [4.69, 9.17) is 4.74 Å². The van der Waals surface area contributed by atoms with Gasteiger partial charge in [0.1, 0.15) is 11.4 Å². The van der Waals surface area contributed by atoms with Crippen molar-refractivity contribution in [2.24, 2.45) is 0 Å². The van der Waals surface area contributed by atoms with Crippen molar-refractivity contribution in [1.82, 2.24) is 15.0 Å². The Morgan fingerprint density at radius 3 is 2.84 bits per heavy atom. The summed E-state index contributed by atoms with van der Waals surface area (Å²) in [6.45, 7) is 1.89. The molecule has 0 spiro atoms. The summed E-state index contributed by atoms with van der Waals surface area (Å²) in [6.07, 6.45) is 2.84. The van der Waals surface area contributed by atoms with Gasteiger partial charge in [0, 0.05) is 20.3 Å². The number of nitrogens with zero attached hydrogens (tertiary/aromatic N) is 3. The molecule has 2 aromatic rings. The van der Waals surface area contributed by atoms with Crippen LogP contribution in [0.15, 0.2) is 17.2 Å². The maximum atomic E-state index is 12.2. The van der Waals surface area contributed by atoms with Crippen molar-refractivity contribution in [3.63, 3.8) is 0 Å². The number of rotatable bonds is 3. The third kappa shape index (κ3) is 2.40. The van der Waals surface area contributed by atoms with E-state index in [9.17, 15) is 9.59 Å². The van der Waals surface area contributed by atoms with E-state index in [-0.39, 0.29) is 17.7 Å². The molecule has 0 aromatic carbocycles. The molecule has 2 rings (SSSR count). The van der Waals surface area contributed by atoms with Crippen LogP contribution in [0.5, 0.6) is 0 Å². The van der Waals surface area contributed by atoms with Crippen LogP contribution < -0.4 is 10.3 Å². The minimum atomic E-state index is -0.664.